The number of benzene rings is 1. The monoisotopic (exact) mass is 237 g/mol. The molecular weight excluding hydrogens is 210 g/mol. The number of aryl methyl sites for hydroxylation is 1. The maximum Gasteiger partial charge on any atom is 0.0593 e. The van der Waals surface area contributed by atoms with Crippen LogP contribution < -0.4 is 0 Å². The lowest BCUT2D eigenvalue weighted by Crippen LogP contribution is -2.17. The van der Waals surface area contributed by atoms with Gasteiger partial charge in [-0.2, -0.15) is 0 Å². The van der Waals surface area contributed by atoms with Gasteiger partial charge in [0.05, 0.1) is 6.61 Å². The zero-order valence-electron chi connectivity index (χ0n) is 11.8. The van der Waals surface area contributed by atoms with Crippen molar-refractivity contribution in [3.05, 3.63) is 35.9 Å². The minimum absolute atomic E-state index is 0.827. The molecule has 0 aliphatic heterocycles. The van der Waals surface area contributed by atoms with Crippen molar-refractivity contribution < 1.29 is 4.74 Å². The van der Waals surface area contributed by atoms with E-state index < -0.39 is 0 Å². The third-order valence-electron chi connectivity index (χ3n) is 2.27. The number of rotatable bonds is 6. The summed E-state index contributed by atoms with van der Waals surface area (Å²) in [5, 5.41) is 0. The van der Waals surface area contributed by atoms with Crippen molar-refractivity contribution in [2.75, 3.05) is 33.9 Å². The Bertz CT molecular complexity index is 246. The highest BCUT2D eigenvalue weighted by Crippen LogP contribution is 2.00. The third-order valence-corrected chi connectivity index (χ3v) is 2.27. The molecule has 0 N–H and O–H groups in total. The molecule has 0 saturated carbocycles. The molecule has 0 aliphatic rings. The Balaban J connectivity index is 0.000000304. The molecule has 0 aromatic heterocycles. The Morgan fingerprint density at radius 3 is 2.18 bits per heavy atom. The molecule has 1 aromatic rings. The quantitative estimate of drug-likeness (QED) is 0.704. The van der Waals surface area contributed by atoms with Crippen LogP contribution in [0.15, 0.2) is 30.3 Å². The van der Waals surface area contributed by atoms with Crippen LogP contribution in [0.1, 0.15) is 25.8 Å². The fraction of sp³-hybridized carbons (Fsp3) is 0.600. The van der Waals surface area contributed by atoms with Crippen LogP contribution in [0, 0.1) is 0 Å². The van der Waals surface area contributed by atoms with E-state index in [4.69, 9.17) is 4.74 Å². The summed E-state index contributed by atoms with van der Waals surface area (Å²) in [4.78, 5) is 2.11. The Kier molecular flexibility index (Phi) is 11.0. The third kappa shape index (κ3) is 11.4. The Morgan fingerprint density at radius 2 is 1.71 bits per heavy atom. The van der Waals surface area contributed by atoms with E-state index in [1.54, 1.807) is 0 Å². The summed E-state index contributed by atoms with van der Waals surface area (Å²) in [6, 6.07) is 10.6. The lowest BCUT2D eigenvalue weighted by molar-refractivity contribution is 0.129. The SMILES string of the molecule is CCCc1ccccc1.CCOCCN(C)C. The summed E-state index contributed by atoms with van der Waals surface area (Å²) < 4.78 is 5.10. The van der Waals surface area contributed by atoms with Crippen molar-refractivity contribution in [2.24, 2.45) is 0 Å². The first-order valence-electron chi connectivity index (χ1n) is 6.47. The molecule has 0 fully saturated rings. The molecule has 98 valence electrons. The van der Waals surface area contributed by atoms with Crippen LogP contribution in [0.3, 0.4) is 0 Å². The number of nitrogens with zero attached hydrogens (tertiary/aromatic N) is 1. The summed E-state index contributed by atoms with van der Waals surface area (Å²) in [6.45, 7) is 6.91. The molecule has 0 spiro atoms. The van der Waals surface area contributed by atoms with Gasteiger partial charge >= 0.3 is 0 Å². The van der Waals surface area contributed by atoms with E-state index in [0.29, 0.717) is 0 Å². The number of hydrogen-bond donors (Lipinski definition) is 0. The lowest BCUT2D eigenvalue weighted by Gasteiger charge is -2.07. The van der Waals surface area contributed by atoms with Crippen LogP contribution in [-0.4, -0.2) is 38.8 Å². The van der Waals surface area contributed by atoms with E-state index in [1.165, 1.54) is 18.4 Å². The Labute approximate surface area is 107 Å². The summed E-state index contributed by atoms with van der Waals surface area (Å²) in [7, 11) is 4.08. The summed E-state index contributed by atoms with van der Waals surface area (Å²) in [5.74, 6) is 0. The molecule has 1 aromatic carbocycles. The zero-order valence-corrected chi connectivity index (χ0v) is 11.8. The molecule has 0 atom stereocenters. The van der Waals surface area contributed by atoms with E-state index in [1.807, 2.05) is 21.0 Å². The van der Waals surface area contributed by atoms with Gasteiger partial charge in [0.1, 0.15) is 0 Å². The van der Waals surface area contributed by atoms with Crippen molar-refractivity contribution in [1.29, 1.82) is 0 Å². The van der Waals surface area contributed by atoms with E-state index in [0.717, 1.165) is 19.8 Å². The van der Waals surface area contributed by atoms with Crippen LogP contribution in [0.5, 0.6) is 0 Å². The lowest BCUT2D eigenvalue weighted by atomic mass is 10.1. The molecule has 0 aliphatic carbocycles. The van der Waals surface area contributed by atoms with Gasteiger partial charge in [-0.1, -0.05) is 43.7 Å². The van der Waals surface area contributed by atoms with Gasteiger partial charge in [0, 0.05) is 13.2 Å². The van der Waals surface area contributed by atoms with Gasteiger partial charge in [-0.05, 0) is 33.0 Å². The van der Waals surface area contributed by atoms with Gasteiger partial charge in [-0.15, -0.1) is 0 Å². The molecule has 2 nitrogen and oxygen atoms in total. The van der Waals surface area contributed by atoms with E-state index in [-0.39, 0.29) is 0 Å². The minimum atomic E-state index is 0.827. The van der Waals surface area contributed by atoms with Crippen molar-refractivity contribution in [3.63, 3.8) is 0 Å². The minimum Gasteiger partial charge on any atom is -0.380 e. The van der Waals surface area contributed by atoms with Gasteiger partial charge in [0.25, 0.3) is 0 Å². The topological polar surface area (TPSA) is 12.5 Å². The standard InChI is InChI=1S/C9H12.C6H15NO/c1-2-6-9-7-4-3-5-8-9;1-4-8-6-5-7(2)3/h3-5,7-8H,2,6H2,1H3;4-6H2,1-3H3. The molecule has 0 radical (unpaired) electrons. The molecule has 2 heteroatoms. The fourth-order valence-corrected chi connectivity index (χ4v) is 1.32. The van der Waals surface area contributed by atoms with Gasteiger partial charge in [-0.3, -0.25) is 0 Å². The molecule has 1 rings (SSSR count). The molecule has 0 heterocycles. The van der Waals surface area contributed by atoms with Crippen molar-refractivity contribution in [2.45, 2.75) is 26.7 Å². The largest absolute Gasteiger partial charge is 0.380 e. The normalized spacial score (nSPS) is 9.94. The van der Waals surface area contributed by atoms with Crippen LogP contribution >= 0.6 is 0 Å². The van der Waals surface area contributed by atoms with E-state index in [9.17, 15) is 0 Å². The molecule has 0 bridgehead atoms. The second kappa shape index (κ2) is 11.6. The average molecular weight is 237 g/mol. The van der Waals surface area contributed by atoms with E-state index in [2.05, 4.69) is 42.2 Å². The maximum atomic E-state index is 5.10. The van der Waals surface area contributed by atoms with Crippen molar-refractivity contribution in [1.82, 2.24) is 4.90 Å². The summed E-state index contributed by atoms with van der Waals surface area (Å²) in [5.41, 5.74) is 1.44. The zero-order chi connectivity index (χ0) is 12.9. The van der Waals surface area contributed by atoms with Crippen LogP contribution in [0.2, 0.25) is 0 Å². The maximum absolute atomic E-state index is 5.10. The van der Waals surface area contributed by atoms with Gasteiger partial charge in [0.2, 0.25) is 0 Å². The fourth-order valence-electron chi connectivity index (χ4n) is 1.32. The first-order chi connectivity index (χ1) is 8.20. The summed E-state index contributed by atoms with van der Waals surface area (Å²) in [6.07, 6.45) is 2.45. The molecular formula is C15H27NO. The predicted octanol–water partition coefficient (Wildman–Crippen LogP) is 3.22. The van der Waals surface area contributed by atoms with Crippen molar-refractivity contribution >= 4 is 0 Å². The van der Waals surface area contributed by atoms with Crippen LogP contribution in [0.4, 0.5) is 0 Å². The summed E-state index contributed by atoms with van der Waals surface area (Å²) >= 11 is 0. The highest BCUT2D eigenvalue weighted by Gasteiger charge is 1.86. The second-order valence-electron chi connectivity index (χ2n) is 4.24. The predicted molar refractivity (Wildman–Crippen MR) is 75.5 cm³/mol. The first-order valence-corrected chi connectivity index (χ1v) is 6.47. The highest BCUT2D eigenvalue weighted by atomic mass is 16.5. The highest BCUT2D eigenvalue weighted by molar-refractivity contribution is 5.14. The van der Waals surface area contributed by atoms with Crippen molar-refractivity contribution in [3.8, 4) is 0 Å². The smallest absolute Gasteiger partial charge is 0.0593 e. The Hall–Kier alpha value is -0.860. The van der Waals surface area contributed by atoms with Gasteiger partial charge < -0.3 is 9.64 Å². The molecule has 17 heavy (non-hydrogen) atoms. The second-order valence-corrected chi connectivity index (χ2v) is 4.24. The molecule has 0 saturated heterocycles. The Morgan fingerprint density at radius 1 is 1.06 bits per heavy atom. The van der Waals surface area contributed by atoms with Gasteiger partial charge in [0.15, 0.2) is 0 Å². The number of likely N-dealkylation sites (N-methyl/N-ethyl adjacent to an activating group) is 1. The number of ether oxygens (including phenoxy) is 1. The van der Waals surface area contributed by atoms with Gasteiger partial charge in [-0.25, -0.2) is 0 Å². The first kappa shape index (κ1) is 16.1. The average Bonchev–Trinajstić information content (AvgIpc) is 2.32. The number of hydrogen-bond acceptors (Lipinski definition) is 2. The van der Waals surface area contributed by atoms with Crippen LogP contribution in [-0.2, 0) is 11.2 Å². The molecule has 0 amide bonds. The van der Waals surface area contributed by atoms with Crippen LogP contribution in [0.25, 0.3) is 0 Å². The van der Waals surface area contributed by atoms with E-state index >= 15 is 0 Å². The molecule has 0 unspecified atom stereocenters.